The summed E-state index contributed by atoms with van der Waals surface area (Å²) >= 11 is 0. The third-order valence-electron chi connectivity index (χ3n) is 4.92. The van der Waals surface area contributed by atoms with Gasteiger partial charge < -0.3 is 19.4 Å². The SMILES string of the molecule is COc1ccc(CNC(=O)Cn2ccn3nc(-c4ccccc4)cc3c2=O)cc1OC. The van der Waals surface area contributed by atoms with Crippen LogP contribution in [0.5, 0.6) is 11.5 Å². The summed E-state index contributed by atoms with van der Waals surface area (Å²) in [6.07, 6.45) is 3.23. The van der Waals surface area contributed by atoms with E-state index in [0.29, 0.717) is 29.3 Å². The first-order valence-electron chi connectivity index (χ1n) is 9.71. The molecule has 0 spiro atoms. The number of nitrogens with one attached hydrogen (secondary N) is 1. The van der Waals surface area contributed by atoms with Gasteiger partial charge in [-0.2, -0.15) is 5.10 Å². The quantitative estimate of drug-likeness (QED) is 0.498. The van der Waals surface area contributed by atoms with Crippen molar-refractivity contribution >= 4 is 11.4 Å². The van der Waals surface area contributed by atoms with Crippen molar-refractivity contribution in [1.29, 1.82) is 0 Å². The second kappa shape index (κ2) is 8.74. The van der Waals surface area contributed by atoms with Crippen molar-refractivity contribution in [1.82, 2.24) is 19.5 Å². The second-order valence-electron chi connectivity index (χ2n) is 6.92. The Morgan fingerprint density at radius 2 is 1.77 bits per heavy atom. The van der Waals surface area contributed by atoms with E-state index in [2.05, 4.69) is 10.4 Å². The highest BCUT2D eigenvalue weighted by molar-refractivity contribution is 5.76. The smallest absolute Gasteiger partial charge is 0.277 e. The molecule has 2 heterocycles. The van der Waals surface area contributed by atoms with Crippen LogP contribution in [0.4, 0.5) is 0 Å². The van der Waals surface area contributed by atoms with Gasteiger partial charge >= 0.3 is 0 Å². The topological polar surface area (TPSA) is 86.9 Å². The first kappa shape index (κ1) is 20.2. The molecule has 1 N–H and O–H groups in total. The molecule has 0 aliphatic carbocycles. The van der Waals surface area contributed by atoms with Crippen molar-refractivity contribution in [3.63, 3.8) is 0 Å². The van der Waals surface area contributed by atoms with Crippen molar-refractivity contribution in [2.75, 3.05) is 14.2 Å². The van der Waals surface area contributed by atoms with E-state index in [4.69, 9.17) is 9.47 Å². The fraction of sp³-hybridized carbons (Fsp3) is 0.174. The molecule has 0 unspecified atom stereocenters. The molecule has 0 aliphatic rings. The number of carbonyl (C=O) groups is 1. The van der Waals surface area contributed by atoms with Crippen LogP contribution in [0.15, 0.2) is 71.8 Å². The lowest BCUT2D eigenvalue weighted by molar-refractivity contribution is -0.121. The number of hydrogen-bond donors (Lipinski definition) is 1. The summed E-state index contributed by atoms with van der Waals surface area (Å²) in [5.74, 6) is 0.933. The molecule has 8 heteroatoms. The zero-order chi connectivity index (χ0) is 21.8. The molecule has 158 valence electrons. The Hall–Kier alpha value is -4.07. The molecule has 0 aliphatic heterocycles. The van der Waals surface area contributed by atoms with E-state index >= 15 is 0 Å². The average molecular weight is 418 g/mol. The Kier molecular flexibility index (Phi) is 5.70. The van der Waals surface area contributed by atoms with Gasteiger partial charge in [0, 0.05) is 24.5 Å². The van der Waals surface area contributed by atoms with Gasteiger partial charge in [0.05, 0.1) is 19.9 Å². The van der Waals surface area contributed by atoms with Crippen molar-refractivity contribution in [3.8, 4) is 22.8 Å². The molecule has 4 aromatic rings. The lowest BCUT2D eigenvalue weighted by atomic mass is 10.1. The minimum Gasteiger partial charge on any atom is -0.493 e. The van der Waals surface area contributed by atoms with Crippen LogP contribution in [0.25, 0.3) is 16.8 Å². The highest BCUT2D eigenvalue weighted by atomic mass is 16.5. The number of benzene rings is 2. The van der Waals surface area contributed by atoms with Gasteiger partial charge in [-0.05, 0) is 23.8 Å². The summed E-state index contributed by atoms with van der Waals surface area (Å²) in [5, 5.41) is 7.28. The molecule has 0 saturated heterocycles. The Balaban J connectivity index is 1.47. The molecular formula is C23H22N4O4. The third-order valence-corrected chi connectivity index (χ3v) is 4.92. The molecule has 2 aromatic heterocycles. The van der Waals surface area contributed by atoms with E-state index in [1.54, 1.807) is 44.8 Å². The van der Waals surface area contributed by atoms with Crippen molar-refractivity contribution in [2.24, 2.45) is 0 Å². The standard InChI is InChI=1S/C23H22N4O4/c1-30-20-9-8-16(12-21(20)31-2)14-24-22(28)15-26-10-11-27-19(23(26)29)13-18(25-27)17-6-4-3-5-7-17/h3-13H,14-15H2,1-2H3,(H,24,28). The zero-order valence-corrected chi connectivity index (χ0v) is 17.2. The maximum atomic E-state index is 12.8. The molecular weight excluding hydrogens is 396 g/mol. The van der Waals surface area contributed by atoms with Crippen LogP contribution in [-0.2, 0) is 17.9 Å². The minimum atomic E-state index is -0.279. The summed E-state index contributed by atoms with van der Waals surface area (Å²) in [6.45, 7) is 0.218. The number of hydrogen-bond acceptors (Lipinski definition) is 5. The number of fused-ring (bicyclic) bond motifs is 1. The zero-order valence-electron chi connectivity index (χ0n) is 17.2. The van der Waals surface area contributed by atoms with Crippen molar-refractivity contribution < 1.29 is 14.3 Å². The lowest BCUT2D eigenvalue weighted by Crippen LogP contribution is -2.32. The van der Waals surface area contributed by atoms with Gasteiger partial charge in [0.15, 0.2) is 11.5 Å². The summed E-state index contributed by atoms with van der Waals surface area (Å²) in [4.78, 5) is 25.3. The van der Waals surface area contributed by atoms with Crippen LogP contribution in [0.2, 0.25) is 0 Å². The Morgan fingerprint density at radius 1 is 1.00 bits per heavy atom. The van der Waals surface area contributed by atoms with E-state index in [1.165, 1.54) is 9.08 Å². The predicted octanol–water partition coefficient (Wildman–Crippen LogP) is 2.50. The molecule has 8 nitrogen and oxygen atoms in total. The van der Waals surface area contributed by atoms with Crippen LogP contribution in [-0.4, -0.2) is 34.3 Å². The number of aromatic nitrogens is 3. The molecule has 0 radical (unpaired) electrons. The Bertz CT molecular complexity index is 1280. The second-order valence-corrected chi connectivity index (χ2v) is 6.92. The van der Waals surface area contributed by atoms with Gasteiger partial charge in [-0.15, -0.1) is 0 Å². The fourth-order valence-electron chi connectivity index (χ4n) is 3.30. The van der Waals surface area contributed by atoms with Gasteiger partial charge in [-0.3, -0.25) is 9.59 Å². The lowest BCUT2D eigenvalue weighted by Gasteiger charge is -2.11. The highest BCUT2D eigenvalue weighted by Gasteiger charge is 2.12. The van der Waals surface area contributed by atoms with Crippen molar-refractivity contribution in [2.45, 2.75) is 13.1 Å². The number of carbonyl (C=O) groups excluding carboxylic acids is 1. The van der Waals surface area contributed by atoms with Gasteiger partial charge in [-0.25, -0.2) is 4.52 Å². The van der Waals surface area contributed by atoms with Crippen LogP contribution < -0.4 is 20.3 Å². The molecule has 0 atom stereocenters. The van der Waals surface area contributed by atoms with Gasteiger partial charge in [0.1, 0.15) is 12.1 Å². The van der Waals surface area contributed by atoms with Crippen LogP contribution in [0.3, 0.4) is 0 Å². The monoisotopic (exact) mass is 418 g/mol. The van der Waals surface area contributed by atoms with E-state index in [-0.39, 0.29) is 18.0 Å². The van der Waals surface area contributed by atoms with E-state index in [0.717, 1.165) is 11.1 Å². The summed E-state index contributed by atoms with van der Waals surface area (Å²) < 4.78 is 13.4. The molecule has 1 amide bonds. The summed E-state index contributed by atoms with van der Waals surface area (Å²) in [7, 11) is 3.12. The molecule has 0 bridgehead atoms. The summed E-state index contributed by atoms with van der Waals surface area (Å²) in [6, 6.07) is 16.8. The minimum absolute atomic E-state index is 0.0888. The van der Waals surface area contributed by atoms with E-state index in [1.807, 2.05) is 36.4 Å². The molecule has 0 fully saturated rings. The molecule has 2 aromatic carbocycles. The Morgan fingerprint density at radius 3 is 2.52 bits per heavy atom. The van der Waals surface area contributed by atoms with E-state index < -0.39 is 0 Å². The number of rotatable bonds is 7. The number of methoxy groups -OCH3 is 2. The number of ether oxygens (including phenoxy) is 2. The van der Waals surface area contributed by atoms with Crippen molar-refractivity contribution in [3.05, 3.63) is 82.9 Å². The van der Waals surface area contributed by atoms with Gasteiger partial charge in [-0.1, -0.05) is 36.4 Å². The largest absolute Gasteiger partial charge is 0.493 e. The maximum Gasteiger partial charge on any atom is 0.277 e. The maximum absolute atomic E-state index is 12.8. The first-order chi connectivity index (χ1) is 15.1. The first-order valence-corrected chi connectivity index (χ1v) is 9.71. The van der Waals surface area contributed by atoms with Crippen LogP contribution in [0.1, 0.15) is 5.56 Å². The molecule has 0 saturated carbocycles. The third kappa shape index (κ3) is 4.28. The number of amides is 1. The Labute approximate surface area is 178 Å². The average Bonchev–Trinajstić information content (AvgIpc) is 3.25. The van der Waals surface area contributed by atoms with Gasteiger partial charge in [0.2, 0.25) is 5.91 Å². The predicted molar refractivity (Wildman–Crippen MR) is 116 cm³/mol. The highest BCUT2D eigenvalue weighted by Crippen LogP contribution is 2.27. The van der Waals surface area contributed by atoms with Gasteiger partial charge in [0.25, 0.3) is 5.56 Å². The molecule has 31 heavy (non-hydrogen) atoms. The fourth-order valence-corrected chi connectivity index (χ4v) is 3.30. The van der Waals surface area contributed by atoms with Crippen LogP contribution >= 0.6 is 0 Å². The van der Waals surface area contributed by atoms with Crippen LogP contribution in [0, 0.1) is 0 Å². The normalized spacial score (nSPS) is 10.8. The number of nitrogens with zero attached hydrogens (tertiary/aromatic N) is 3. The summed E-state index contributed by atoms with van der Waals surface area (Å²) in [5.41, 5.74) is 2.61. The molecule has 4 rings (SSSR count). The van der Waals surface area contributed by atoms with E-state index in [9.17, 15) is 9.59 Å².